The van der Waals surface area contributed by atoms with E-state index in [0.29, 0.717) is 12.5 Å². The van der Waals surface area contributed by atoms with Crippen LogP contribution >= 0.6 is 0 Å². The molecule has 2 aromatic heterocycles. The lowest BCUT2D eigenvalue weighted by Gasteiger charge is -2.08. The van der Waals surface area contributed by atoms with E-state index in [4.69, 9.17) is 4.42 Å². The molecule has 0 unspecified atom stereocenters. The Labute approximate surface area is 110 Å². The first-order valence-corrected chi connectivity index (χ1v) is 6.07. The van der Waals surface area contributed by atoms with Crippen LogP contribution in [-0.4, -0.2) is 17.0 Å². The molecule has 2 N–H and O–H groups in total. The van der Waals surface area contributed by atoms with E-state index in [0.717, 1.165) is 22.5 Å². The van der Waals surface area contributed by atoms with E-state index >= 15 is 0 Å². The van der Waals surface area contributed by atoms with Gasteiger partial charge < -0.3 is 15.1 Å². The topological polar surface area (TPSA) is 63.0 Å². The van der Waals surface area contributed by atoms with Crippen LogP contribution in [0.15, 0.2) is 47.1 Å². The van der Waals surface area contributed by atoms with Gasteiger partial charge in [0.2, 0.25) is 5.95 Å². The van der Waals surface area contributed by atoms with Gasteiger partial charge in [-0.2, -0.15) is 4.98 Å². The summed E-state index contributed by atoms with van der Waals surface area (Å²) >= 11 is 0. The molecule has 2 heterocycles. The maximum Gasteiger partial charge on any atom is 0.225 e. The highest BCUT2D eigenvalue weighted by atomic mass is 16.3. The molecule has 0 bridgehead atoms. The van der Waals surface area contributed by atoms with Crippen LogP contribution in [0.3, 0.4) is 0 Å². The van der Waals surface area contributed by atoms with Gasteiger partial charge >= 0.3 is 0 Å². The van der Waals surface area contributed by atoms with Crippen molar-refractivity contribution in [1.29, 1.82) is 0 Å². The average Bonchev–Trinajstić information content (AvgIpc) is 2.97. The summed E-state index contributed by atoms with van der Waals surface area (Å²) in [5.74, 6) is 2.25. The smallest absolute Gasteiger partial charge is 0.225 e. The SMILES string of the molecule is CNc1nc(NCc2ccco2)nc2ccccc12. The van der Waals surface area contributed by atoms with Crippen molar-refractivity contribution in [2.45, 2.75) is 6.54 Å². The van der Waals surface area contributed by atoms with Gasteiger partial charge in [-0.1, -0.05) is 12.1 Å². The zero-order valence-electron chi connectivity index (χ0n) is 10.6. The molecule has 5 nitrogen and oxygen atoms in total. The van der Waals surface area contributed by atoms with E-state index in [9.17, 15) is 0 Å². The standard InChI is InChI=1S/C14H14N4O/c1-15-13-11-6-2-3-7-12(11)17-14(18-13)16-9-10-5-4-8-19-10/h2-8H,9H2,1H3,(H2,15,16,17,18). The van der Waals surface area contributed by atoms with Crippen molar-refractivity contribution in [3.8, 4) is 0 Å². The summed E-state index contributed by atoms with van der Waals surface area (Å²) in [4.78, 5) is 8.92. The first-order chi connectivity index (χ1) is 9.36. The minimum absolute atomic E-state index is 0.564. The number of aromatic nitrogens is 2. The Morgan fingerprint density at radius 1 is 1.11 bits per heavy atom. The largest absolute Gasteiger partial charge is 0.467 e. The Hall–Kier alpha value is -2.56. The van der Waals surface area contributed by atoms with E-state index in [-0.39, 0.29) is 0 Å². The van der Waals surface area contributed by atoms with Crippen LogP contribution in [0.1, 0.15) is 5.76 Å². The van der Waals surface area contributed by atoms with Crippen molar-refractivity contribution < 1.29 is 4.42 Å². The highest BCUT2D eigenvalue weighted by Crippen LogP contribution is 2.21. The fourth-order valence-corrected chi connectivity index (χ4v) is 1.93. The van der Waals surface area contributed by atoms with Gasteiger partial charge in [-0.25, -0.2) is 4.98 Å². The minimum atomic E-state index is 0.564. The van der Waals surface area contributed by atoms with E-state index < -0.39 is 0 Å². The third-order valence-electron chi connectivity index (χ3n) is 2.84. The highest BCUT2D eigenvalue weighted by Gasteiger charge is 2.06. The third-order valence-corrected chi connectivity index (χ3v) is 2.84. The molecule has 0 saturated heterocycles. The molecule has 19 heavy (non-hydrogen) atoms. The lowest BCUT2D eigenvalue weighted by atomic mass is 10.2. The number of nitrogens with zero attached hydrogens (tertiary/aromatic N) is 2. The average molecular weight is 254 g/mol. The van der Waals surface area contributed by atoms with Crippen LogP contribution in [0.5, 0.6) is 0 Å². The second-order valence-electron chi connectivity index (χ2n) is 4.10. The molecule has 96 valence electrons. The number of hydrogen-bond donors (Lipinski definition) is 2. The monoisotopic (exact) mass is 254 g/mol. The number of rotatable bonds is 4. The lowest BCUT2D eigenvalue weighted by Crippen LogP contribution is -2.05. The Kier molecular flexibility index (Phi) is 3.02. The normalized spacial score (nSPS) is 10.6. The molecule has 3 rings (SSSR count). The zero-order chi connectivity index (χ0) is 13.1. The summed E-state index contributed by atoms with van der Waals surface area (Å²) in [5, 5.41) is 7.25. The second kappa shape index (κ2) is 4.97. The summed E-state index contributed by atoms with van der Waals surface area (Å²) < 4.78 is 5.27. The van der Waals surface area contributed by atoms with Gasteiger partial charge in [0.15, 0.2) is 0 Å². The fraction of sp³-hybridized carbons (Fsp3) is 0.143. The number of fused-ring (bicyclic) bond motifs is 1. The summed E-state index contributed by atoms with van der Waals surface area (Å²) in [6.45, 7) is 0.564. The van der Waals surface area contributed by atoms with E-state index in [1.54, 1.807) is 6.26 Å². The van der Waals surface area contributed by atoms with Gasteiger partial charge in [0.05, 0.1) is 18.3 Å². The number of furan rings is 1. The Balaban J connectivity index is 1.91. The van der Waals surface area contributed by atoms with Crippen molar-refractivity contribution in [3.63, 3.8) is 0 Å². The number of benzene rings is 1. The Bertz CT molecular complexity index is 679. The van der Waals surface area contributed by atoms with Crippen LogP contribution in [-0.2, 0) is 6.54 Å². The molecule has 0 aliphatic rings. The lowest BCUT2D eigenvalue weighted by molar-refractivity contribution is 0.517. The van der Waals surface area contributed by atoms with Crippen molar-refractivity contribution in [3.05, 3.63) is 48.4 Å². The maximum atomic E-state index is 5.27. The predicted molar refractivity (Wildman–Crippen MR) is 75.1 cm³/mol. The molecule has 0 atom stereocenters. The van der Waals surface area contributed by atoms with Crippen molar-refractivity contribution in [1.82, 2.24) is 9.97 Å². The molecule has 5 heteroatoms. The zero-order valence-corrected chi connectivity index (χ0v) is 10.6. The van der Waals surface area contributed by atoms with Gasteiger partial charge in [0, 0.05) is 12.4 Å². The summed E-state index contributed by atoms with van der Waals surface area (Å²) in [5.41, 5.74) is 0.906. The Morgan fingerprint density at radius 3 is 2.79 bits per heavy atom. The first-order valence-electron chi connectivity index (χ1n) is 6.07. The predicted octanol–water partition coefficient (Wildman–Crippen LogP) is 2.88. The molecule has 0 saturated carbocycles. The van der Waals surface area contributed by atoms with Crippen LogP contribution < -0.4 is 10.6 Å². The van der Waals surface area contributed by atoms with Gasteiger partial charge in [-0.15, -0.1) is 0 Å². The number of para-hydroxylation sites is 1. The summed E-state index contributed by atoms with van der Waals surface area (Å²) in [6, 6.07) is 11.7. The van der Waals surface area contributed by atoms with Crippen molar-refractivity contribution >= 4 is 22.7 Å². The fourth-order valence-electron chi connectivity index (χ4n) is 1.93. The quantitative estimate of drug-likeness (QED) is 0.749. The van der Waals surface area contributed by atoms with Crippen LogP contribution in [0.2, 0.25) is 0 Å². The summed E-state index contributed by atoms with van der Waals surface area (Å²) in [6.07, 6.45) is 1.65. The third kappa shape index (κ3) is 2.35. The van der Waals surface area contributed by atoms with E-state index in [1.165, 1.54) is 0 Å². The minimum Gasteiger partial charge on any atom is -0.467 e. The molecule has 0 spiro atoms. The maximum absolute atomic E-state index is 5.27. The molecule has 0 aliphatic heterocycles. The second-order valence-corrected chi connectivity index (χ2v) is 4.10. The number of nitrogens with one attached hydrogen (secondary N) is 2. The van der Waals surface area contributed by atoms with Crippen LogP contribution in [0.25, 0.3) is 10.9 Å². The highest BCUT2D eigenvalue weighted by molar-refractivity contribution is 5.89. The Morgan fingerprint density at radius 2 is 2.00 bits per heavy atom. The van der Waals surface area contributed by atoms with Gasteiger partial charge in [0.25, 0.3) is 0 Å². The molecule has 0 fully saturated rings. The molecule has 0 aliphatic carbocycles. The number of anilines is 2. The molecule has 1 aromatic carbocycles. The summed E-state index contributed by atoms with van der Waals surface area (Å²) in [7, 11) is 1.85. The van der Waals surface area contributed by atoms with Crippen LogP contribution in [0, 0.1) is 0 Å². The number of hydrogen-bond acceptors (Lipinski definition) is 5. The van der Waals surface area contributed by atoms with Gasteiger partial charge in [0.1, 0.15) is 11.6 Å². The van der Waals surface area contributed by atoms with Gasteiger partial charge in [-0.3, -0.25) is 0 Å². The molecule has 0 radical (unpaired) electrons. The van der Waals surface area contributed by atoms with Crippen molar-refractivity contribution in [2.24, 2.45) is 0 Å². The van der Waals surface area contributed by atoms with Gasteiger partial charge in [-0.05, 0) is 24.3 Å². The first kappa shape index (κ1) is 11.5. The molecule has 0 amide bonds. The molecular weight excluding hydrogens is 240 g/mol. The van der Waals surface area contributed by atoms with Crippen molar-refractivity contribution in [2.75, 3.05) is 17.7 Å². The molecular formula is C14H14N4O. The van der Waals surface area contributed by atoms with E-state index in [2.05, 4.69) is 20.6 Å². The van der Waals surface area contributed by atoms with Crippen LogP contribution in [0.4, 0.5) is 11.8 Å². The molecule has 3 aromatic rings. The van der Waals surface area contributed by atoms with E-state index in [1.807, 2.05) is 43.4 Å².